The quantitative estimate of drug-likeness (QED) is 0.917. The number of carbonyl (C=O) groups is 1. The van der Waals surface area contributed by atoms with E-state index in [9.17, 15) is 9.90 Å². The highest BCUT2D eigenvalue weighted by molar-refractivity contribution is 5.92. The molecule has 1 aromatic heterocycles. The number of likely N-dealkylation sites (tertiary alicyclic amines) is 1. The Morgan fingerprint density at radius 1 is 1.46 bits per heavy atom. The zero-order valence-corrected chi connectivity index (χ0v) is 15.0. The Morgan fingerprint density at radius 3 is 2.62 bits per heavy atom. The number of hydrogen-bond donors (Lipinski definition) is 1. The molecule has 2 atom stereocenters. The summed E-state index contributed by atoms with van der Waals surface area (Å²) in [5, 5.41) is 14.2. The zero-order valence-electron chi connectivity index (χ0n) is 15.0. The molecule has 1 N–H and O–H groups in total. The molecule has 1 amide bonds. The number of nitrogens with zero attached hydrogens (tertiary/aromatic N) is 2. The first-order valence-electron chi connectivity index (χ1n) is 8.84. The van der Waals surface area contributed by atoms with Gasteiger partial charge < -0.3 is 19.3 Å². The summed E-state index contributed by atoms with van der Waals surface area (Å²) in [5.74, 6) is 0.621. The van der Waals surface area contributed by atoms with Crippen LogP contribution in [-0.4, -0.2) is 53.0 Å². The van der Waals surface area contributed by atoms with Gasteiger partial charge >= 0.3 is 0 Å². The van der Waals surface area contributed by atoms with Crippen molar-refractivity contribution < 1.29 is 19.2 Å². The Balaban J connectivity index is 1.64. The third-order valence-electron chi connectivity index (χ3n) is 5.56. The Bertz CT molecular complexity index is 594. The molecule has 24 heavy (non-hydrogen) atoms. The normalized spacial score (nSPS) is 26.5. The van der Waals surface area contributed by atoms with Crippen LogP contribution in [0.4, 0.5) is 0 Å². The van der Waals surface area contributed by atoms with Crippen LogP contribution in [0.1, 0.15) is 63.2 Å². The second-order valence-electron chi connectivity index (χ2n) is 8.05. The molecule has 1 spiro atoms. The lowest BCUT2D eigenvalue weighted by molar-refractivity contribution is -0.207. The highest BCUT2D eigenvalue weighted by atomic mass is 16.5. The SMILES string of the molecule is CCO[C@@H]1C[C@@H](O)C12CCN(C(=O)c1cc(C(C)(C)C)on1)CC2. The molecule has 2 fully saturated rings. The molecule has 0 bridgehead atoms. The van der Waals surface area contributed by atoms with Gasteiger partial charge in [-0.3, -0.25) is 4.79 Å². The van der Waals surface area contributed by atoms with E-state index in [0.29, 0.717) is 37.6 Å². The first kappa shape index (κ1) is 17.4. The third kappa shape index (κ3) is 2.86. The lowest BCUT2D eigenvalue weighted by atomic mass is 9.58. The van der Waals surface area contributed by atoms with Gasteiger partial charge in [-0.1, -0.05) is 25.9 Å². The van der Waals surface area contributed by atoms with Crippen LogP contribution >= 0.6 is 0 Å². The van der Waals surface area contributed by atoms with Crippen molar-refractivity contribution in [2.45, 2.75) is 64.6 Å². The molecule has 1 aliphatic carbocycles. The second-order valence-corrected chi connectivity index (χ2v) is 8.05. The molecule has 0 unspecified atom stereocenters. The van der Waals surface area contributed by atoms with E-state index >= 15 is 0 Å². The van der Waals surface area contributed by atoms with Gasteiger partial charge in [0.2, 0.25) is 0 Å². The summed E-state index contributed by atoms with van der Waals surface area (Å²) >= 11 is 0. The maximum atomic E-state index is 12.7. The number of carbonyl (C=O) groups excluding carboxylic acids is 1. The molecule has 1 saturated heterocycles. The van der Waals surface area contributed by atoms with E-state index in [4.69, 9.17) is 9.26 Å². The standard InChI is InChI=1S/C18H28N2O4/c1-5-23-15-11-13(21)18(15)6-8-20(9-7-18)16(22)12-10-14(24-19-12)17(2,3)4/h10,13,15,21H,5-9,11H2,1-4H3/t13-,15-/m1/s1. The fourth-order valence-electron chi connectivity index (χ4n) is 3.83. The van der Waals surface area contributed by atoms with E-state index in [0.717, 1.165) is 12.8 Å². The van der Waals surface area contributed by atoms with E-state index in [-0.39, 0.29) is 28.9 Å². The average molecular weight is 336 g/mol. The highest BCUT2D eigenvalue weighted by Crippen LogP contribution is 2.51. The topological polar surface area (TPSA) is 75.8 Å². The summed E-state index contributed by atoms with van der Waals surface area (Å²) in [5.41, 5.74) is 0.0252. The second kappa shape index (κ2) is 6.15. The van der Waals surface area contributed by atoms with Crippen LogP contribution in [0.25, 0.3) is 0 Å². The summed E-state index contributed by atoms with van der Waals surface area (Å²) < 4.78 is 11.1. The molecular formula is C18H28N2O4. The number of aliphatic hydroxyl groups excluding tert-OH is 1. The highest BCUT2D eigenvalue weighted by Gasteiger charge is 2.56. The monoisotopic (exact) mass is 336 g/mol. The van der Waals surface area contributed by atoms with Crippen LogP contribution in [0.15, 0.2) is 10.6 Å². The first-order valence-corrected chi connectivity index (χ1v) is 8.84. The molecule has 1 saturated carbocycles. The van der Waals surface area contributed by atoms with Crippen LogP contribution in [-0.2, 0) is 10.2 Å². The Labute approximate surface area is 143 Å². The predicted octanol–water partition coefficient (Wildman–Crippen LogP) is 2.36. The largest absolute Gasteiger partial charge is 0.392 e. The average Bonchev–Trinajstić information content (AvgIpc) is 3.04. The smallest absolute Gasteiger partial charge is 0.276 e. The molecule has 0 aromatic carbocycles. The minimum absolute atomic E-state index is 0.0918. The van der Waals surface area contributed by atoms with Gasteiger partial charge in [0.1, 0.15) is 5.76 Å². The number of rotatable bonds is 3. The van der Waals surface area contributed by atoms with Crippen LogP contribution in [0.5, 0.6) is 0 Å². The molecule has 2 heterocycles. The molecular weight excluding hydrogens is 308 g/mol. The number of piperidine rings is 1. The molecule has 0 radical (unpaired) electrons. The van der Waals surface area contributed by atoms with Crippen molar-refractivity contribution in [3.05, 3.63) is 17.5 Å². The van der Waals surface area contributed by atoms with Crippen LogP contribution in [0.2, 0.25) is 0 Å². The Kier molecular flexibility index (Phi) is 4.47. The van der Waals surface area contributed by atoms with Crippen molar-refractivity contribution >= 4 is 5.91 Å². The van der Waals surface area contributed by atoms with Crippen molar-refractivity contribution in [2.24, 2.45) is 5.41 Å². The van der Waals surface area contributed by atoms with Gasteiger partial charge in [0, 0.05) is 43.0 Å². The summed E-state index contributed by atoms with van der Waals surface area (Å²) in [6, 6.07) is 1.74. The van der Waals surface area contributed by atoms with E-state index in [1.807, 2.05) is 32.6 Å². The summed E-state index contributed by atoms with van der Waals surface area (Å²) in [4.78, 5) is 14.5. The van der Waals surface area contributed by atoms with Crippen LogP contribution < -0.4 is 0 Å². The number of ether oxygens (including phenoxy) is 1. The van der Waals surface area contributed by atoms with Gasteiger partial charge in [-0.05, 0) is 19.8 Å². The minimum Gasteiger partial charge on any atom is -0.392 e. The molecule has 134 valence electrons. The molecule has 2 aliphatic rings. The molecule has 6 heteroatoms. The minimum atomic E-state index is -0.314. The Morgan fingerprint density at radius 2 is 2.12 bits per heavy atom. The van der Waals surface area contributed by atoms with E-state index in [2.05, 4.69) is 5.16 Å². The maximum absolute atomic E-state index is 12.7. The first-order chi connectivity index (χ1) is 11.3. The fraction of sp³-hybridized carbons (Fsp3) is 0.778. The van der Waals surface area contributed by atoms with Gasteiger partial charge in [0.05, 0.1) is 12.2 Å². The zero-order chi connectivity index (χ0) is 17.5. The molecule has 1 aromatic rings. The summed E-state index contributed by atoms with van der Waals surface area (Å²) in [7, 11) is 0. The molecule has 3 rings (SSSR count). The Hall–Kier alpha value is -1.40. The maximum Gasteiger partial charge on any atom is 0.276 e. The van der Waals surface area contributed by atoms with Crippen LogP contribution in [0.3, 0.4) is 0 Å². The van der Waals surface area contributed by atoms with E-state index in [1.54, 1.807) is 6.07 Å². The molecule has 1 aliphatic heterocycles. The van der Waals surface area contributed by atoms with Gasteiger partial charge in [-0.2, -0.15) is 0 Å². The molecule has 6 nitrogen and oxygen atoms in total. The van der Waals surface area contributed by atoms with Gasteiger partial charge in [0.25, 0.3) is 5.91 Å². The summed E-state index contributed by atoms with van der Waals surface area (Å²) in [6.45, 7) is 9.97. The van der Waals surface area contributed by atoms with Crippen molar-refractivity contribution in [3.8, 4) is 0 Å². The van der Waals surface area contributed by atoms with E-state index in [1.165, 1.54) is 0 Å². The van der Waals surface area contributed by atoms with Crippen molar-refractivity contribution in [2.75, 3.05) is 19.7 Å². The summed E-state index contributed by atoms with van der Waals surface area (Å²) in [6.07, 6.45) is 2.06. The van der Waals surface area contributed by atoms with Crippen molar-refractivity contribution in [1.29, 1.82) is 0 Å². The number of aliphatic hydroxyl groups is 1. The van der Waals surface area contributed by atoms with Gasteiger partial charge in [-0.15, -0.1) is 0 Å². The van der Waals surface area contributed by atoms with Crippen LogP contribution in [0, 0.1) is 5.41 Å². The number of amides is 1. The lowest BCUT2D eigenvalue weighted by Gasteiger charge is -2.56. The fourth-order valence-corrected chi connectivity index (χ4v) is 3.83. The van der Waals surface area contributed by atoms with Gasteiger partial charge in [0.15, 0.2) is 5.69 Å². The van der Waals surface area contributed by atoms with E-state index < -0.39 is 0 Å². The number of aromatic nitrogens is 1. The van der Waals surface area contributed by atoms with Gasteiger partial charge in [-0.25, -0.2) is 0 Å². The predicted molar refractivity (Wildman–Crippen MR) is 88.8 cm³/mol. The lowest BCUT2D eigenvalue weighted by Crippen LogP contribution is -2.62. The number of hydrogen-bond acceptors (Lipinski definition) is 5. The van der Waals surface area contributed by atoms with Crippen molar-refractivity contribution in [3.63, 3.8) is 0 Å². The van der Waals surface area contributed by atoms with Crippen molar-refractivity contribution in [1.82, 2.24) is 10.1 Å². The third-order valence-corrected chi connectivity index (χ3v) is 5.56.